The molecule has 4 heterocycles. The van der Waals surface area contributed by atoms with E-state index in [0.29, 0.717) is 6.42 Å². The van der Waals surface area contributed by atoms with Crippen molar-refractivity contribution in [2.75, 3.05) is 6.61 Å². The fourth-order valence-corrected chi connectivity index (χ4v) is 2.76. The van der Waals surface area contributed by atoms with Crippen LogP contribution in [0.25, 0.3) is 22.9 Å². The first-order valence-electron chi connectivity index (χ1n) is 7.81. The smallest absolute Gasteiger partial charge is 0.163 e. The van der Waals surface area contributed by atoms with Gasteiger partial charge in [0.15, 0.2) is 5.82 Å². The van der Waals surface area contributed by atoms with Crippen LogP contribution in [0.15, 0.2) is 55.1 Å². The summed E-state index contributed by atoms with van der Waals surface area (Å²) in [5, 5.41) is 9.24. The number of aliphatic hydroxyl groups excluding tert-OH is 1. The Bertz CT molecular complexity index is 1000. The lowest BCUT2D eigenvalue weighted by Crippen LogP contribution is -2.00. The second-order valence-electron chi connectivity index (χ2n) is 5.64. The molecular formula is C18H17N5O. The molecule has 4 aromatic heterocycles. The zero-order valence-electron chi connectivity index (χ0n) is 13.3. The van der Waals surface area contributed by atoms with Crippen molar-refractivity contribution in [2.24, 2.45) is 0 Å². The Morgan fingerprint density at radius 3 is 2.83 bits per heavy atom. The molecule has 0 fully saturated rings. The maximum absolute atomic E-state index is 9.24. The van der Waals surface area contributed by atoms with E-state index < -0.39 is 0 Å². The van der Waals surface area contributed by atoms with Crippen molar-refractivity contribution in [3.63, 3.8) is 0 Å². The maximum atomic E-state index is 9.24. The Morgan fingerprint density at radius 1 is 1.08 bits per heavy atom. The number of aromatic nitrogens is 5. The standard InChI is InChI=1S/C18H17N5O/c1-13-3-2-4-16(20-13)18-21-14(7-10-24)11-23(18)15-5-6-17-19-8-9-22(17)12-15/h2-6,8-9,11-12,24H,7,10H2,1H3. The van der Waals surface area contributed by atoms with E-state index in [9.17, 15) is 5.11 Å². The summed E-state index contributed by atoms with van der Waals surface area (Å²) in [5.41, 5.74) is 4.45. The molecule has 0 saturated heterocycles. The highest BCUT2D eigenvalue weighted by Crippen LogP contribution is 2.22. The highest BCUT2D eigenvalue weighted by atomic mass is 16.3. The summed E-state index contributed by atoms with van der Waals surface area (Å²) < 4.78 is 3.97. The van der Waals surface area contributed by atoms with Crippen LogP contribution >= 0.6 is 0 Å². The van der Waals surface area contributed by atoms with Gasteiger partial charge in [0, 0.05) is 43.5 Å². The van der Waals surface area contributed by atoms with Gasteiger partial charge in [0.2, 0.25) is 0 Å². The van der Waals surface area contributed by atoms with Crippen LogP contribution < -0.4 is 0 Å². The molecule has 0 bridgehead atoms. The predicted molar refractivity (Wildman–Crippen MR) is 91.1 cm³/mol. The van der Waals surface area contributed by atoms with E-state index in [1.165, 1.54) is 0 Å². The Kier molecular flexibility index (Phi) is 3.59. The van der Waals surface area contributed by atoms with Gasteiger partial charge in [-0.15, -0.1) is 0 Å². The summed E-state index contributed by atoms with van der Waals surface area (Å²) in [6.07, 6.45) is 8.15. The molecule has 0 unspecified atom stereocenters. The zero-order chi connectivity index (χ0) is 16.5. The molecule has 24 heavy (non-hydrogen) atoms. The minimum atomic E-state index is 0.0677. The first-order valence-corrected chi connectivity index (χ1v) is 7.81. The highest BCUT2D eigenvalue weighted by molar-refractivity contribution is 5.56. The molecule has 4 aromatic rings. The van der Waals surface area contributed by atoms with Crippen LogP contribution in [0.1, 0.15) is 11.4 Å². The summed E-state index contributed by atoms with van der Waals surface area (Å²) in [6.45, 7) is 2.03. The number of aliphatic hydroxyl groups is 1. The van der Waals surface area contributed by atoms with Crippen molar-refractivity contribution in [3.05, 3.63) is 66.5 Å². The second-order valence-corrected chi connectivity index (χ2v) is 5.64. The van der Waals surface area contributed by atoms with Crippen LogP contribution in [0.5, 0.6) is 0 Å². The fraction of sp³-hybridized carbons (Fsp3) is 0.167. The van der Waals surface area contributed by atoms with Crippen molar-refractivity contribution in [2.45, 2.75) is 13.3 Å². The minimum Gasteiger partial charge on any atom is -0.396 e. The summed E-state index contributed by atoms with van der Waals surface area (Å²) in [6, 6.07) is 9.86. The largest absolute Gasteiger partial charge is 0.396 e. The number of fused-ring (bicyclic) bond motifs is 1. The normalized spacial score (nSPS) is 11.2. The number of nitrogens with zero attached hydrogens (tertiary/aromatic N) is 5. The third-order valence-electron chi connectivity index (χ3n) is 3.89. The number of hydrogen-bond acceptors (Lipinski definition) is 4. The summed E-state index contributed by atoms with van der Waals surface area (Å²) in [5.74, 6) is 0.765. The van der Waals surface area contributed by atoms with E-state index >= 15 is 0 Å². The topological polar surface area (TPSA) is 68.2 Å². The molecule has 0 saturated carbocycles. The van der Waals surface area contributed by atoms with Crippen LogP contribution in [-0.4, -0.2) is 35.6 Å². The minimum absolute atomic E-state index is 0.0677. The van der Waals surface area contributed by atoms with Gasteiger partial charge in [0.1, 0.15) is 11.3 Å². The van der Waals surface area contributed by atoms with Crippen molar-refractivity contribution in [1.82, 2.24) is 23.9 Å². The van der Waals surface area contributed by atoms with Crippen molar-refractivity contribution in [3.8, 4) is 17.2 Å². The van der Waals surface area contributed by atoms with Gasteiger partial charge in [0.25, 0.3) is 0 Å². The molecule has 0 radical (unpaired) electrons. The molecule has 1 N–H and O–H groups in total. The van der Waals surface area contributed by atoms with Crippen molar-refractivity contribution >= 4 is 5.65 Å². The number of pyridine rings is 2. The monoisotopic (exact) mass is 319 g/mol. The summed E-state index contributed by atoms with van der Waals surface area (Å²) in [7, 11) is 0. The molecule has 4 rings (SSSR count). The average Bonchev–Trinajstić information content (AvgIpc) is 3.21. The second kappa shape index (κ2) is 5.90. The molecule has 0 aromatic carbocycles. The van der Waals surface area contributed by atoms with Gasteiger partial charge >= 0.3 is 0 Å². The Balaban J connectivity index is 1.89. The third-order valence-corrected chi connectivity index (χ3v) is 3.89. The van der Waals surface area contributed by atoms with Crippen LogP contribution in [0.3, 0.4) is 0 Å². The molecule has 6 nitrogen and oxygen atoms in total. The molecule has 0 aliphatic rings. The summed E-state index contributed by atoms with van der Waals surface area (Å²) >= 11 is 0. The van der Waals surface area contributed by atoms with Gasteiger partial charge < -0.3 is 9.51 Å². The number of rotatable bonds is 4. The van der Waals surface area contributed by atoms with Crippen LogP contribution in [0.4, 0.5) is 0 Å². The lowest BCUT2D eigenvalue weighted by atomic mass is 10.3. The van der Waals surface area contributed by atoms with Gasteiger partial charge in [0.05, 0.1) is 11.4 Å². The van der Waals surface area contributed by atoms with Gasteiger partial charge in [-0.1, -0.05) is 6.07 Å². The van der Waals surface area contributed by atoms with Crippen molar-refractivity contribution in [1.29, 1.82) is 0 Å². The van der Waals surface area contributed by atoms with Gasteiger partial charge in [-0.2, -0.15) is 0 Å². The lowest BCUT2D eigenvalue weighted by Gasteiger charge is -2.08. The van der Waals surface area contributed by atoms with Gasteiger partial charge in [-0.05, 0) is 31.2 Å². The van der Waals surface area contributed by atoms with E-state index in [2.05, 4.69) is 15.0 Å². The van der Waals surface area contributed by atoms with E-state index in [1.807, 2.05) is 64.8 Å². The average molecular weight is 319 g/mol. The Morgan fingerprint density at radius 2 is 2.00 bits per heavy atom. The van der Waals surface area contributed by atoms with E-state index in [0.717, 1.165) is 34.2 Å². The number of hydrogen-bond donors (Lipinski definition) is 1. The Labute approximate surface area is 139 Å². The quantitative estimate of drug-likeness (QED) is 0.627. The summed E-state index contributed by atoms with van der Waals surface area (Å²) in [4.78, 5) is 13.5. The maximum Gasteiger partial charge on any atom is 0.163 e. The van der Waals surface area contributed by atoms with E-state index in [-0.39, 0.29) is 6.61 Å². The van der Waals surface area contributed by atoms with Gasteiger partial charge in [-0.3, -0.25) is 4.57 Å². The molecule has 6 heteroatoms. The first kappa shape index (κ1) is 14.6. The first-order chi connectivity index (χ1) is 11.7. The van der Waals surface area contributed by atoms with Crippen LogP contribution in [0, 0.1) is 6.92 Å². The number of aryl methyl sites for hydroxylation is 1. The molecule has 0 amide bonds. The van der Waals surface area contributed by atoms with Crippen LogP contribution in [-0.2, 0) is 6.42 Å². The van der Waals surface area contributed by atoms with E-state index in [1.54, 1.807) is 6.20 Å². The molecule has 120 valence electrons. The van der Waals surface area contributed by atoms with Crippen molar-refractivity contribution < 1.29 is 5.11 Å². The SMILES string of the molecule is Cc1cccc(-c2nc(CCO)cn2-c2ccc3nccn3c2)n1. The highest BCUT2D eigenvalue weighted by Gasteiger charge is 2.13. The van der Waals surface area contributed by atoms with Crippen LogP contribution in [0.2, 0.25) is 0 Å². The van der Waals surface area contributed by atoms with E-state index in [4.69, 9.17) is 0 Å². The fourth-order valence-electron chi connectivity index (χ4n) is 2.76. The van der Waals surface area contributed by atoms with Gasteiger partial charge in [-0.25, -0.2) is 15.0 Å². The molecule has 0 atom stereocenters. The third kappa shape index (κ3) is 2.57. The molecular weight excluding hydrogens is 302 g/mol. The molecule has 0 aliphatic heterocycles. The molecule has 0 spiro atoms. The zero-order valence-corrected chi connectivity index (χ0v) is 13.3. The Hall–Kier alpha value is -2.99. The lowest BCUT2D eigenvalue weighted by molar-refractivity contribution is 0.298. The predicted octanol–water partition coefficient (Wildman–Crippen LogP) is 2.43. The molecule has 0 aliphatic carbocycles. The number of imidazole rings is 2.